The van der Waals surface area contributed by atoms with Gasteiger partial charge in [0.15, 0.2) is 0 Å². The van der Waals surface area contributed by atoms with Crippen molar-refractivity contribution in [2.45, 2.75) is 43.9 Å². The Labute approximate surface area is 156 Å². The standard InChI is InChI=1S/C18H27F3N4O2/c19-18(20,21)14-5-3-4-13(10-14)11-15-12-25(9-8-23-15)24-16(17(26)27)6-1-2-7-22/h3-5,10,15-16,23-24H,1-2,6-9,11-12,22H2,(H,26,27)/t15?,16-/m0/s1. The van der Waals surface area contributed by atoms with Crippen molar-refractivity contribution in [3.8, 4) is 0 Å². The van der Waals surface area contributed by atoms with Crippen LogP contribution >= 0.6 is 0 Å². The van der Waals surface area contributed by atoms with Gasteiger partial charge < -0.3 is 16.2 Å². The van der Waals surface area contributed by atoms with Crippen LogP contribution in [-0.2, 0) is 17.4 Å². The smallest absolute Gasteiger partial charge is 0.416 e. The molecule has 152 valence electrons. The van der Waals surface area contributed by atoms with Crippen molar-refractivity contribution in [3.63, 3.8) is 0 Å². The van der Waals surface area contributed by atoms with Crippen LogP contribution in [0, 0.1) is 0 Å². The molecule has 1 fully saturated rings. The van der Waals surface area contributed by atoms with Crippen molar-refractivity contribution in [3.05, 3.63) is 35.4 Å². The van der Waals surface area contributed by atoms with Crippen molar-refractivity contribution >= 4 is 5.97 Å². The number of rotatable bonds is 9. The summed E-state index contributed by atoms with van der Waals surface area (Å²) in [6, 6.07) is 4.56. The number of nitrogens with two attached hydrogens (primary N) is 1. The van der Waals surface area contributed by atoms with E-state index in [1.807, 2.05) is 5.01 Å². The highest BCUT2D eigenvalue weighted by Gasteiger charge is 2.31. The van der Waals surface area contributed by atoms with Crippen molar-refractivity contribution in [2.75, 3.05) is 26.2 Å². The molecule has 9 heteroatoms. The molecule has 0 aromatic heterocycles. The molecule has 1 aliphatic rings. The number of carboxylic acid groups (broad SMARTS) is 1. The molecule has 6 nitrogen and oxygen atoms in total. The van der Waals surface area contributed by atoms with Gasteiger partial charge >= 0.3 is 12.1 Å². The Hall–Kier alpha value is -1.68. The summed E-state index contributed by atoms with van der Waals surface area (Å²) < 4.78 is 38.6. The van der Waals surface area contributed by atoms with E-state index in [0.717, 1.165) is 18.9 Å². The van der Waals surface area contributed by atoms with Crippen LogP contribution in [0.25, 0.3) is 0 Å². The number of hydrazine groups is 1. The first kappa shape index (κ1) is 21.6. The van der Waals surface area contributed by atoms with Crippen LogP contribution in [0.5, 0.6) is 0 Å². The van der Waals surface area contributed by atoms with E-state index < -0.39 is 23.8 Å². The molecule has 0 saturated carbocycles. The third-order valence-electron chi connectivity index (χ3n) is 4.58. The average Bonchev–Trinajstić information content (AvgIpc) is 2.61. The molecular formula is C18H27F3N4O2. The van der Waals surface area contributed by atoms with E-state index >= 15 is 0 Å². The molecule has 0 aliphatic carbocycles. The van der Waals surface area contributed by atoms with E-state index in [2.05, 4.69) is 10.7 Å². The van der Waals surface area contributed by atoms with Crippen LogP contribution < -0.4 is 16.5 Å². The van der Waals surface area contributed by atoms with Gasteiger partial charge in [0.25, 0.3) is 0 Å². The Morgan fingerprint density at radius 1 is 1.41 bits per heavy atom. The molecule has 0 bridgehead atoms. The summed E-state index contributed by atoms with van der Waals surface area (Å²) in [5.41, 5.74) is 8.43. The van der Waals surface area contributed by atoms with E-state index in [-0.39, 0.29) is 6.04 Å². The molecule has 1 aromatic carbocycles. The van der Waals surface area contributed by atoms with Gasteiger partial charge in [-0.05, 0) is 43.9 Å². The van der Waals surface area contributed by atoms with Crippen LogP contribution in [0.4, 0.5) is 13.2 Å². The summed E-state index contributed by atoms with van der Waals surface area (Å²) in [6.07, 6.45) is -1.95. The Balaban J connectivity index is 1.92. The highest BCUT2D eigenvalue weighted by atomic mass is 19.4. The Morgan fingerprint density at radius 2 is 2.19 bits per heavy atom. The zero-order chi connectivity index (χ0) is 19.9. The fraction of sp³-hybridized carbons (Fsp3) is 0.611. The summed E-state index contributed by atoms with van der Waals surface area (Å²) in [7, 11) is 0. The quantitative estimate of drug-likeness (QED) is 0.481. The first-order valence-corrected chi connectivity index (χ1v) is 9.13. The minimum absolute atomic E-state index is 0.0618. The molecular weight excluding hydrogens is 361 g/mol. The fourth-order valence-corrected chi connectivity index (χ4v) is 3.20. The van der Waals surface area contributed by atoms with Gasteiger partial charge in [0.1, 0.15) is 6.04 Å². The number of benzene rings is 1. The number of piperazine rings is 1. The number of carboxylic acids is 1. The predicted octanol–water partition coefficient (Wildman–Crippen LogP) is 1.61. The molecule has 1 unspecified atom stereocenters. The zero-order valence-electron chi connectivity index (χ0n) is 15.1. The second-order valence-corrected chi connectivity index (χ2v) is 6.80. The second-order valence-electron chi connectivity index (χ2n) is 6.80. The topological polar surface area (TPSA) is 90.6 Å². The number of unbranched alkanes of at least 4 members (excludes halogenated alkanes) is 1. The van der Waals surface area contributed by atoms with Crippen LogP contribution in [0.15, 0.2) is 24.3 Å². The Kier molecular flexibility index (Phi) is 8.03. The van der Waals surface area contributed by atoms with Crippen molar-refractivity contribution in [1.82, 2.24) is 15.8 Å². The molecule has 0 spiro atoms. The molecule has 1 saturated heterocycles. The lowest BCUT2D eigenvalue weighted by Crippen LogP contribution is -2.59. The van der Waals surface area contributed by atoms with Gasteiger partial charge in [0.2, 0.25) is 0 Å². The molecule has 2 atom stereocenters. The maximum absolute atomic E-state index is 12.9. The van der Waals surface area contributed by atoms with Gasteiger partial charge in [0, 0.05) is 25.7 Å². The van der Waals surface area contributed by atoms with E-state index in [4.69, 9.17) is 5.73 Å². The van der Waals surface area contributed by atoms with Gasteiger partial charge in [-0.2, -0.15) is 13.2 Å². The number of alkyl halides is 3. The number of hydrogen-bond acceptors (Lipinski definition) is 5. The molecule has 0 radical (unpaired) electrons. The molecule has 1 aromatic rings. The maximum Gasteiger partial charge on any atom is 0.416 e. The van der Waals surface area contributed by atoms with Crippen molar-refractivity contribution < 1.29 is 23.1 Å². The highest BCUT2D eigenvalue weighted by molar-refractivity contribution is 5.73. The van der Waals surface area contributed by atoms with E-state index in [0.29, 0.717) is 44.6 Å². The number of aliphatic carboxylic acids is 1. The molecule has 2 rings (SSSR count). The fourth-order valence-electron chi connectivity index (χ4n) is 3.20. The minimum Gasteiger partial charge on any atom is -0.480 e. The Bertz CT molecular complexity index is 613. The lowest BCUT2D eigenvalue weighted by molar-refractivity contribution is -0.141. The lowest BCUT2D eigenvalue weighted by atomic mass is 10.0. The first-order chi connectivity index (χ1) is 12.8. The van der Waals surface area contributed by atoms with Gasteiger partial charge in [-0.25, -0.2) is 10.4 Å². The van der Waals surface area contributed by atoms with Crippen LogP contribution in [0.2, 0.25) is 0 Å². The molecule has 27 heavy (non-hydrogen) atoms. The van der Waals surface area contributed by atoms with E-state index in [1.165, 1.54) is 12.1 Å². The normalized spacial score (nSPS) is 19.8. The maximum atomic E-state index is 12.9. The molecule has 0 amide bonds. The number of hydrogen-bond donors (Lipinski definition) is 4. The van der Waals surface area contributed by atoms with Gasteiger partial charge in [-0.15, -0.1) is 0 Å². The number of nitrogens with zero attached hydrogens (tertiary/aromatic N) is 1. The summed E-state index contributed by atoms with van der Waals surface area (Å²) in [5, 5.41) is 14.5. The predicted molar refractivity (Wildman–Crippen MR) is 96.0 cm³/mol. The second kappa shape index (κ2) is 10.0. The van der Waals surface area contributed by atoms with Gasteiger partial charge in [-0.1, -0.05) is 18.2 Å². The van der Waals surface area contributed by atoms with Crippen molar-refractivity contribution in [2.24, 2.45) is 5.73 Å². The summed E-state index contributed by atoms with van der Waals surface area (Å²) in [4.78, 5) is 11.4. The molecule has 1 heterocycles. The monoisotopic (exact) mass is 388 g/mol. The largest absolute Gasteiger partial charge is 0.480 e. The zero-order valence-corrected chi connectivity index (χ0v) is 15.1. The first-order valence-electron chi connectivity index (χ1n) is 9.13. The summed E-state index contributed by atoms with van der Waals surface area (Å²) in [6.45, 7) is 2.29. The third-order valence-corrected chi connectivity index (χ3v) is 4.58. The minimum atomic E-state index is -4.36. The third kappa shape index (κ3) is 7.10. The highest BCUT2D eigenvalue weighted by Crippen LogP contribution is 2.29. The van der Waals surface area contributed by atoms with Gasteiger partial charge in [-0.3, -0.25) is 4.79 Å². The van der Waals surface area contributed by atoms with Crippen LogP contribution in [-0.4, -0.2) is 54.3 Å². The van der Waals surface area contributed by atoms with E-state index in [1.54, 1.807) is 6.07 Å². The number of carbonyl (C=O) groups is 1. The SMILES string of the molecule is NCCCC[C@H](NN1CCNC(Cc2cccc(C(F)(F)F)c2)C1)C(=O)O. The number of halogens is 3. The molecule has 1 aliphatic heterocycles. The van der Waals surface area contributed by atoms with Crippen molar-refractivity contribution in [1.29, 1.82) is 0 Å². The summed E-state index contributed by atoms with van der Waals surface area (Å²) >= 11 is 0. The number of nitrogens with one attached hydrogen (secondary N) is 2. The lowest BCUT2D eigenvalue weighted by Gasteiger charge is -2.35. The average molecular weight is 388 g/mol. The molecule has 5 N–H and O–H groups in total. The summed E-state index contributed by atoms with van der Waals surface area (Å²) in [5.74, 6) is -0.917. The van der Waals surface area contributed by atoms with Crippen LogP contribution in [0.1, 0.15) is 30.4 Å². The Morgan fingerprint density at radius 3 is 2.85 bits per heavy atom. The van der Waals surface area contributed by atoms with E-state index in [9.17, 15) is 23.1 Å². The van der Waals surface area contributed by atoms with Gasteiger partial charge in [0.05, 0.1) is 5.56 Å². The van der Waals surface area contributed by atoms with Crippen LogP contribution in [0.3, 0.4) is 0 Å².